The zero-order valence-electron chi connectivity index (χ0n) is 11.2. The summed E-state index contributed by atoms with van der Waals surface area (Å²) < 4.78 is 27.9. The summed E-state index contributed by atoms with van der Waals surface area (Å²) in [7, 11) is -3.77. The number of hydrogen-bond acceptors (Lipinski definition) is 3. The molecule has 0 aliphatic rings. The van der Waals surface area contributed by atoms with Crippen molar-refractivity contribution in [2.24, 2.45) is 0 Å². The van der Waals surface area contributed by atoms with Crippen LogP contribution in [-0.2, 0) is 16.6 Å². The van der Waals surface area contributed by atoms with Gasteiger partial charge in [0.25, 0.3) is 0 Å². The molecule has 8 heteroatoms. The lowest BCUT2D eigenvalue weighted by molar-refractivity contribution is 0.582. The van der Waals surface area contributed by atoms with Crippen LogP contribution < -0.4 is 4.72 Å². The SMILES string of the molecule is Cc1cc(CNS(=O)(=O)c2c(Cl)cc(Br)cc2Cl)sc1C. The van der Waals surface area contributed by atoms with E-state index in [2.05, 4.69) is 20.7 Å². The Balaban J connectivity index is 2.27. The number of rotatable bonds is 4. The van der Waals surface area contributed by atoms with E-state index in [-0.39, 0.29) is 21.5 Å². The van der Waals surface area contributed by atoms with E-state index in [0.717, 1.165) is 10.4 Å². The van der Waals surface area contributed by atoms with Gasteiger partial charge in [-0.05, 0) is 37.6 Å². The maximum atomic E-state index is 12.4. The van der Waals surface area contributed by atoms with Crippen LogP contribution in [0.15, 0.2) is 27.6 Å². The number of nitrogens with one attached hydrogen (secondary N) is 1. The summed E-state index contributed by atoms with van der Waals surface area (Å²) in [6.45, 7) is 4.21. The average molecular weight is 429 g/mol. The Kier molecular flexibility index (Phi) is 5.39. The third kappa shape index (κ3) is 4.00. The Morgan fingerprint density at radius 2 is 1.76 bits per heavy atom. The lowest BCUT2D eigenvalue weighted by atomic mass is 10.3. The second-order valence-corrected chi connectivity index (χ2v) is 9.25. The highest BCUT2D eigenvalue weighted by Crippen LogP contribution is 2.33. The first-order valence-corrected chi connectivity index (χ1v) is 9.75. The molecule has 0 amide bonds. The van der Waals surface area contributed by atoms with E-state index in [4.69, 9.17) is 23.2 Å². The van der Waals surface area contributed by atoms with Crippen LogP contribution >= 0.6 is 50.5 Å². The van der Waals surface area contributed by atoms with Crippen LogP contribution in [0.25, 0.3) is 0 Å². The molecular weight excluding hydrogens is 417 g/mol. The van der Waals surface area contributed by atoms with E-state index >= 15 is 0 Å². The zero-order valence-corrected chi connectivity index (χ0v) is 15.9. The van der Waals surface area contributed by atoms with Crippen molar-refractivity contribution in [1.82, 2.24) is 4.72 Å². The lowest BCUT2D eigenvalue weighted by Gasteiger charge is -2.10. The van der Waals surface area contributed by atoms with E-state index in [1.807, 2.05) is 19.9 Å². The number of halogens is 3. The molecule has 0 radical (unpaired) electrons. The van der Waals surface area contributed by atoms with E-state index < -0.39 is 10.0 Å². The zero-order chi connectivity index (χ0) is 15.8. The maximum absolute atomic E-state index is 12.4. The molecule has 0 atom stereocenters. The van der Waals surface area contributed by atoms with Crippen molar-refractivity contribution in [3.8, 4) is 0 Å². The molecule has 1 aromatic carbocycles. The van der Waals surface area contributed by atoms with Crippen LogP contribution in [0.3, 0.4) is 0 Å². The van der Waals surface area contributed by atoms with Crippen molar-refractivity contribution in [1.29, 1.82) is 0 Å². The van der Waals surface area contributed by atoms with Gasteiger partial charge in [-0.15, -0.1) is 11.3 Å². The Bertz CT molecular complexity index is 745. The van der Waals surface area contributed by atoms with Crippen molar-refractivity contribution in [2.45, 2.75) is 25.3 Å². The third-order valence-corrected chi connectivity index (χ3v) is 6.82. The fourth-order valence-electron chi connectivity index (χ4n) is 1.76. The number of thiophene rings is 1. The Labute approximate surface area is 146 Å². The molecule has 0 aliphatic heterocycles. The first-order valence-electron chi connectivity index (χ1n) is 5.91. The number of sulfonamides is 1. The quantitative estimate of drug-likeness (QED) is 0.751. The highest BCUT2D eigenvalue weighted by atomic mass is 79.9. The summed E-state index contributed by atoms with van der Waals surface area (Å²) in [6, 6.07) is 4.97. The van der Waals surface area contributed by atoms with Crippen molar-refractivity contribution in [2.75, 3.05) is 0 Å². The van der Waals surface area contributed by atoms with Gasteiger partial charge in [0.05, 0.1) is 10.0 Å². The second-order valence-electron chi connectivity index (χ2n) is 4.48. The van der Waals surface area contributed by atoms with Crippen LogP contribution in [0.1, 0.15) is 15.3 Å². The molecule has 1 heterocycles. The molecule has 2 aromatic rings. The molecule has 0 saturated heterocycles. The van der Waals surface area contributed by atoms with E-state index in [0.29, 0.717) is 4.47 Å². The number of hydrogen-bond donors (Lipinski definition) is 1. The normalized spacial score (nSPS) is 11.9. The number of benzene rings is 1. The molecule has 1 N–H and O–H groups in total. The lowest BCUT2D eigenvalue weighted by Crippen LogP contribution is -2.23. The van der Waals surface area contributed by atoms with Gasteiger partial charge in [-0.25, -0.2) is 13.1 Å². The molecule has 0 spiro atoms. The predicted octanol–water partition coefficient (Wildman–Crippen LogP) is 4.91. The molecule has 0 aliphatic carbocycles. The van der Waals surface area contributed by atoms with Crippen LogP contribution in [0.4, 0.5) is 0 Å². The van der Waals surface area contributed by atoms with Crippen molar-refractivity contribution < 1.29 is 8.42 Å². The van der Waals surface area contributed by atoms with Gasteiger partial charge in [-0.1, -0.05) is 39.1 Å². The van der Waals surface area contributed by atoms with Crippen LogP contribution in [0, 0.1) is 13.8 Å². The highest BCUT2D eigenvalue weighted by Gasteiger charge is 2.22. The predicted molar refractivity (Wildman–Crippen MR) is 92.0 cm³/mol. The van der Waals surface area contributed by atoms with Gasteiger partial charge in [0.1, 0.15) is 4.90 Å². The Morgan fingerprint density at radius 1 is 1.19 bits per heavy atom. The van der Waals surface area contributed by atoms with Crippen LogP contribution in [0.5, 0.6) is 0 Å². The van der Waals surface area contributed by atoms with Crippen LogP contribution in [-0.4, -0.2) is 8.42 Å². The monoisotopic (exact) mass is 427 g/mol. The molecule has 0 fully saturated rings. The molecule has 114 valence electrons. The summed E-state index contributed by atoms with van der Waals surface area (Å²) in [4.78, 5) is 2.01. The smallest absolute Gasteiger partial charge is 0.207 e. The Hall–Kier alpha value is -0.110. The van der Waals surface area contributed by atoms with Gasteiger partial charge >= 0.3 is 0 Å². The Morgan fingerprint density at radius 3 is 2.24 bits per heavy atom. The van der Waals surface area contributed by atoms with Crippen molar-refractivity contribution in [3.05, 3.63) is 48.0 Å². The van der Waals surface area contributed by atoms with Gasteiger partial charge in [-0.3, -0.25) is 0 Å². The standard InChI is InChI=1S/C13H12BrCl2NO2S2/c1-7-3-10(20-8(7)2)6-17-21(18,19)13-11(15)4-9(14)5-12(13)16/h3-5,17H,6H2,1-2H3. The van der Waals surface area contributed by atoms with Crippen molar-refractivity contribution >= 4 is 60.5 Å². The average Bonchev–Trinajstić information content (AvgIpc) is 2.65. The minimum Gasteiger partial charge on any atom is -0.207 e. The molecule has 3 nitrogen and oxygen atoms in total. The topological polar surface area (TPSA) is 46.2 Å². The molecule has 2 rings (SSSR count). The van der Waals surface area contributed by atoms with Gasteiger partial charge in [0.2, 0.25) is 10.0 Å². The van der Waals surface area contributed by atoms with Gasteiger partial charge in [0, 0.05) is 20.8 Å². The van der Waals surface area contributed by atoms with Crippen LogP contribution in [0.2, 0.25) is 10.0 Å². The minimum absolute atomic E-state index is 0.0837. The largest absolute Gasteiger partial charge is 0.243 e. The molecule has 21 heavy (non-hydrogen) atoms. The highest BCUT2D eigenvalue weighted by molar-refractivity contribution is 9.10. The summed E-state index contributed by atoms with van der Waals surface area (Å²) in [5, 5.41) is 0.167. The van der Waals surface area contributed by atoms with Gasteiger partial charge in [-0.2, -0.15) is 0 Å². The molecule has 0 saturated carbocycles. The van der Waals surface area contributed by atoms with Crippen molar-refractivity contribution in [3.63, 3.8) is 0 Å². The van der Waals surface area contributed by atoms with E-state index in [1.165, 1.54) is 17.0 Å². The molecule has 0 unspecified atom stereocenters. The molecule has 1 aromatic heterocycles. The fourth-order valence-corrected chi connectivity index (χ4v) is 5.78. The van der Waals surface area contributed by atoms with Gasteiger partial charge in [0.15, 0.2) is 0 Å². The molecular formula is C13H12BrCl2NO2S2. The summed E-state index contributed by atoms with van der Waals surface area (Å²) in [6.07, 6.45) is 0. The summed E-state index contributed by atoms with van der Waals surface area (Å²) >= 11 is 16.8. The minimum atomic E-state index is -3.77. The van der Waals surface area contributed by atoms with E-state index in [1.54, 1.807) is 11.3 Å². The molecule has 0 bridgehead atoms. The third-order valence-electron chi connectivity index (χ3n) is 2.89. The first kappa shape index (κ1) is 17.2. The second kappa shape index (κ2) is 6.56. The maximum Gasteiger partial charge on any atom is 0.243 e. The first-order chi connectivity index (χ1) is 9.70. The summed E-state index contributed by atoms with van der Waals surface area (Å²) in [5.41, 5.74) is 1.15. The van der Waals surface area contributed by atoms with E-state index in [9.17, 15) is 8.42 Å². The fraction of sp³-hybridized carbons (Fsp3) is 0.231. The van der Waals surface area contributed by atoms with Gasteiger partial charge < -0.3 is 0 Å². The number of aryl methyl sites for hydroxylation is 2. The summed E-state index contributed by atoms with van der Waals surface area (Å²) in [5.74, 6) is 0.